The van der Waals surface area contributed by atoms with Crippen molar-refractivity contribution in [1.82, 2.24) is 9.78 Å². The Bertz CT molecular complexity index is 1320. The predicted molar refractivity (Wildman–Crippen MR) is 137 cm³/mol. The molecule has 180 valence electrons. The number of rotatable bonds is 8. The number of ether oxygens (including phenoxy) is 2. The number of hydrogen-bond acceptors (Lipinski definition) is 4. The highest BCUT2D eigenvalue weighted by atomic mass is 16.5. The molecule has 0 aliphatic carbocycles. The quantitative estimate of drug-likeness (QED) is 0.340. The van der Waals surface area contributed by atoms with Gasteiger partial charge in [0, 0.05) is 11.1 Å². The van der Waals surface area contributed by atoms with Crippen LogP contribution in [-0.2, 0) is 16.8 Å². The van der Waals surface area contributed by atoms with Crippen LogP contribution in [-0.4, -0.2) is 34.6 Å². The summed E-state index contributed by atoms with van der Waals surface area (Å²) in [4.78, 5) is 11.3. The van der Waals surface area contributed by atoms with Crippen LogP contribution in [0.25, 0.3) is 22.5 Å². The van der Waals surface area contributed by atoms with Crippen molar-refractivity contribution in [3.8, 4) is 34.0 Å². The molecule has 4 rings (SSSR count). The molecular formula is C29H30N2O4. The average Bonchev–Trinajstić information content (AvgIpc) is 3.25. The first-order valence-corrected chi connectivity index (χ1v) is 11.5. The molecular weight excluding hydrogens is 440 g/mol. The molecule has 0 aliphatic rings. The van der Waals surface area contributed by atoms with Crippen molar-refractivity contribution in [1.29, 1.82) is 0 Å². The molecule has 35 heavy (non-hydrogen) atoms. The van der Waals surface area contributed by atoms with Crippen LogP contribution < -0.4 is 9.47 Å². The Hall–Kier alpha value is -4.06. The molecule has 0 bridgehead atoms. The van der Waals surface area contributed by atoms with E-state index in [0.717, 1.165) is 33.7 Å². The maximum Gasteiger partial charge on any atom is 0.341 e. The molecule has 0 saturated heterocycles. The van der Waals surface area contributed by atoms with Crippen molar-refractivity contribution in [3.05, 3.63) is 90.0 Å². The first-order chi connectivity index (χ1) is 16.8. The topological polar surface area (TPSA) is 73.6 Å². The molecule has 0 fully saturated rings. The largest absolute Gasteiger partial charge is 0.496 e. The fourth-order valence-corrected chi connectivity index (χ4v) is 3.96. The van der Waals surface area contributed by atoms with Gasteiger partial charge in [-0.3, -0.25) is 4.68 Å². The van der Waals surface area contributed by atoms with Gasteiger partial charge in [0.05, 0.1) is 25.0 Å². The van der Waals surface area contributed by atoms with Crippen LogP contribution in [0.2, 0.25) is 0 Å². The molecule has 0 saturated carbocycles. The van der Waals surface area contributed by atoms with E-state index >= 15 is 0 Å². The van der Waals surface area contributed by atoms with Crippen LogP contribution in [0.15, 0.2) is 78.9 Å². The van der Waals surface area contributed by atoms with Gasteiger partial charge < -0.3 is 14.6 Å². The molecule has 6 heteroatoms. The third kappa shape index (κ3) is 5.54. The minimum Gasteiger partial charge on any atom is -0.496 e. The molecule has 0 spiro atoms. The van der Waals surface area contributed by atoms with E-state index in [0.29, 0.717) is 18.0 Å². The van der Waals surface area contributed by atoms with Crippen molar-refractivity contribution in [3.63, 3.8) is 0 Å². The third-order valence-electron chi connectivity index (χ3n) is 5.81. The molecule has 0 unspecified atom stereocenters. The minimum absolute atomic E-state index is 0.116. The van der Waals surface area contributed by atoms with Gasteiger partial charge in [-0.05, 0) is 46.9 Å². The number of nitrogens with zero attached hydrogens (tertiary/aromatic N) is 2. The SMILES string of the molecule is COc1ccccc1-c1cc(-c2ccc(C(C)(C)C)cc2OCC(=O)O)nn1Cc1ccccc1. The number of benzene rings is 3. The van der Waals surface area contributed by atoms with Crippen LogP contribution in [0.4, 0.5) is 0 Å². The lowest BCUT2D eigenvalue weighted by molar-refractivity contribution is -0.139. The summed E-state index contributed by atoms with van der Waals surface area (Å²) in [6, 6.07) is 25.9. The monoisotopic (exact) mass is 470 g/mol. The second kappa shape index (κ2) is 10.1. The molecule has 1 aromatic heterocycles. The van der Waals surface area contributed by atoms with E-state index in [2.05, 4.69) is 32.9 Å². The average molecular weight is 471 g/mol. The lowest BCUT2D eigenvalue weighted by Crippen LogP contribution is -2.13. The number of para-hydroxylation sites is 1. The van der Waals surface area contributed by atoms with Gasteiger partial charge >= 0.3 is 5.97 Å². The first kappa shape index (κ1) is 24.1. The van der Waals surface area contributed by atoms with Crippen molar-refractivity contribution < 1.29 is 19.4 Å². The second-order valence-electron chi connectivity index (χ2n) is 9.40. The Morgan fingerprint density at radius 3 is 2.31 bits per heavy atom. The van der Waals surface area contributed by atoms with E-state index in [-0.39, 0.29) is 5.41 Å². The molecule has 0 radical (unpaired) electrons. The zero-order valence-electron chi connectivity index (χ0n) is 20.5. The minimum atomic E-state index is -1.03. The van der Waals surface area contributed by atoms with Gasteiger partial charge in [-0.1, -0.05) is 69.3 Å². The van der Waals surface area contributed by atoms with Crippen LogP contribution >= 0.6 is 0 Å². The molecule has 6 nitrogen and oxygen atoms in total. The predicted octanol–water partition coefficient (Wildman–Crippen LogP) is 6.03. The standard InChI is InChI=1S/C29H30N2O4/c1-29(2,3)21-14-15-22(27(16-21)35-19-28(32)33)24-17-25(23-12-8-9-13-26(23)34-4)31(30-24)18-20-10-6-5-7-11-20/h5-17H,18-19H2,1-4H3,(H,32,33). The summed E-state index contributed by atoms with van der Waals surface area (Å²) in [5, 5.41) is 14.2. The molecule has 1 N–H and O–H groups in total. The van der Waals surface area contributed by atoms with Crippen LogP contribution in [0.5, 0.6) is 11.5 Å². The Morgan fingerprint density at radius 2 is 1.63 bits per heavy atom. The summed E-state index contributed by atoms with van der Waals surface area (Å²) >= 11 is 0. The highest BCUT2D eigenvalue weighted by Crippen LogP contribution is 2.38. The fourth-order valence-electron chi connectivity index (χ4n) is 3.96. The number of carboxylic acid groups (broad SMARTS) is 1. The lowest BCUT2D eigenvalue weighted by atomic mass is 9.86. The summed E-state index contributed by atoms with van der Waals surface area (Å²) in [6.45, 7) is 6.47. The number of carbonyl (C=O) groups is 1. The Labute approximate surface area is 205 Å². The second-order valence-corrected chi connectivity index (χ2v) is 9.40. The van der Waals surface area contributed by atoms with Crippen LogP contribution in [0, 0.1) is 0 Å². The van der Waals surface area contributed by atoms with Gasteiger partial charge in [-0.2, -0.15) is 5.10 Å². The van der Waals surface area contributed by atoms with Gasteiger partial charge in [0.15, 0.2) is 6.61 Å². The van der Waals surface area contributed by atoms with Gasteiger partial charge in [0.2, 0.25) is 0 Å². The van der Waals surface area contributed by atoms with Gasteiger partial charge in [-0.15, -0.1) is 0 Å². The summed E-state index contributed by atoms with van der Waals surface area (Å²) in [6.07, 6.45) is 0. The summed E-state index contributed by atoms with van der Waals surface area (Å²) in [5.74, 6) is 0.218. The summed E-state index contributed by atoms with van der Waals surface area (Å²) < 4.78 is 13.3. The number of aliphatic carboxylic acids is 1. The van der Waals surface area contributed by atoms with E-state index in [1.165, 1.54) is 0 Å². The molecule has 1 heterocycles. The molecule has 0 aliphatic heterocycles. The van der Waals surface area contributed by atoms with Crippen LogP contribution in [0.1, 0.15) is 31.9 Å². The zero-order chi connectivity index (χ0) is 25.0. The van der Waals surface area contributed by atoms with E-state index in [9.17, 15) is 9.90 Å². The Balaban J connectivity index is 1.86. The van der Waals surface area contributed by atoms with Crippen molar-refractivity contribution in [2.45, 2.75) is 32.7 Å². The highest BCUT2D eigenvalue weighted by molar-refractivity contribution is 5.76. The number of hydrogen-bond donors (Lipinski definition) is 1. The normalized spacial score (nSPS) is 11.3. The summed E-state index contributed by atoms with van der Waals surface area (Å²) in [7, 11) is 1.65. The molecule has 4 aromatic rings. The Morgan fingerprint density at radius 1 is 0.914 bits per heavy atom. The maximum atomic E-state index is 11.3. The third-order valence-corrected chi connectivity index (χ3v) is 5.81. The van der Waals surface area contributed by atoms with Crippen molar-refractivity contribution in [2.75, 3.05) is 13.7 Å². The van der Waals surface area contributed by atoms with E-state index in [4.69, 9.17) is 14.6 Å². The van der Waals surface area contributed by atoms with Gasteiger partial charge in [0.1, 0.15) is 11.5 Å². The smallest absolute Gasteiger partial charge is 0.341 e. The fraction of sp³-hybridized carbons (Fsp3) is 0.241. The Kier molecular flexibility index (Phi) is 6.92. The molecule has 0 amide bonds. The number of aromatic nitrogens is 2. The van der Waals surface area contributed by atoms with Crippen LogP contribution in [0.3, 0.4) is 0 Å². The van der Waals surface area contributed by atoms with Crippen molar-refractivity contribution >= 4 is 5.97 Å². The maximum absolute atomic E-state index is 11.3. The van der Waals surface area contributed by atoms with Gasteiger partial charge in [-0.25, -0.2) is 4.79 Å². The first-order valence-electron chi connectivity index (χ1n) is 11.5. The zero-order valence-corrected chi connectivity index (χ0v) is 20.5. The van der Waals surface area contributed by atoms with Gasteiger partial charge in [0.25, 0.3) is 0 Å². The van der Waals surface area contributed by atoms with Crippen molar-refractivity contribution in [2.24, 2.45) is 0 Å². The number of carboxylic acids is 1. The number of methoxy groups -OCH3 is 1. The summed E-state index contributed by atoms with van der Waals surface area (Å²) in [5.41, 5.74) is 5.30. The molecule has 0 atom stereocenters. The highest BCUT2D eigenvalue weighted by Gasteiger charge is 2.21. The molecule has 3 aromatic carbocycles. The van der Waals surface area contributed by atoms with E-state index in [1.807, 2.05) is 71.4 Å². The van der Waals surface area contributed by atoms with E-state index < -0.39 is 12.6 Å². The lowest BCUT2D eigenvalue weighted by Gasteiger charge is -2.21. The van der Waals surface area contributed by atoms with E-state index in [1.54, 1.807) is 7.11 Å².